The molecule has 1 amide bonds. The summed E-state index contributed by atoms with van der Waals surface area (Å²) < 4.78 is 5.67. The molecule has 0 bridgehead atoms. The van der Waals surface area contributed by atoms with E-state index in [1.165, 1.54) is 24.4 Å². The van der Waals surface area contributed by atoms with Crippen LogP contribution < -0.4 is 5.43 Å². The van der Waals surface area contributed by atoms with Crippen molar-refractivity contribution in [1.29, 1.82) is 0 Å². The summed E-state index contributed by atoms with van der Waals surface area (Å²) in [6.07, 6.45) is 1.27. The number of nitrogens with one attached hydrogen (secondary N) is 1. The first-order chi connectivity index (χ1) is 16.4. The van der Waals surface area contributed by atoms with Crippen LogP contribution in [0.15, 0.2) is 101 Å². The van der Waals surface area contributed by atoms with E-state index in [1.807, 2.05) is 0 Å². The largest absolute Gasteiger partial charge is 0.455 e. The number of hydrogen-bond acceptors (Lipinski definition) is 6. The number of amides is 1. The zero-order valence-electron chi connectivity index (χ0n) is 17.6. The number of benzene rings is 3. The summed E-state index contributed by atoms with van der Waals surface area (Å²) in [4.78, 5) is 23.4. The Balaban J connectivity index is 1.54. The Kier molecular flexibility index (Phi) is 6.53. The van der Waals surface area contributed by atoms with Crippen LogP contribution in [0, 0.1) is 10.1 Å². The van der Waals surface area contributed by atoms with E-state index in [9.17, 15) is 20.0 Å². The van der Waals surface area contributed by atoms with E-state index < -0.39 is 16.4 Å². The van der Waals surface area contributed by atoms with Crippen molar-refractivity contribution in [3.63, 3.8) is 0 Å². The van der Waals surface area contributed by atoms with Gasteiger partial charge in [0.1, 0.15) is 11.5 Å². The second-order valence-corrected chi connectivity index (χ2v) is 7.67. The van der Waals surface area contributed by atoms with Gasteiger partial charge in [-0.2, -0.15) is 5.10 Å². The number of non-ortho nitro benzene ring substituents is 1. The molecule has 0 saturated carbocycles. The lowest BCUT2D eigenvalue weighted by atomic mass is 9.85. The van der Waals surface area contributed by atoms with Crippen LogP contribution in [0.2, 0.25) is 5.02 Å². The van der Waals surface area contributed by atoms with Gasteiger partial charge in [-0.1, -0.05) is 72.3 Å². The number of carbonyl (C=O) groups is 1. The van der Waals surface area contributed by atoms with E-state index >= 15 is 0 Å². The lowest BCUT2D eigenvalue weighted by Crippen LogP contribution is -2.43. The number of hydrogen-bond donors (Lipinski definition) is 2. The van der Waals surface area contributed by atoms with Gasteiger partial charge in [-0.25, -0.2) is 5.43 Å². The summed E-state index contributed by atoms with van der Waals surface area (Å²) in [5.74, 6) is -0.0724. The molecule has 2 N–H and O–H groups in total. The molecule has 0 aliphatic carbocycles. The maximum atomic E-state index is 13.0. The second-order valence-electron chi connectivity index (χ2n) is 7.26. The summed E-state index contributed by atoms with van der Waals surface area (Å²) >= 11 is 6.15. The molecule has 0 atom stereocenters. The molecule has 0 aliphatic heterocycles. The predicted octanol–water partition coefficient (Wildman–Crippen LogP) is 4.89. The van der Waals surface area contributed by atoms with Crippen LogP contribution in [0.3, 0.4) is 0 Å². The zero-order valence-corrected chi connectivity index (χ0v) is 18.3. The van der Waals surface area contributed by atoms with Gasteiger partial charge < -0.3 is 9.52 Å². The highest BCUT2D eigenvalue weighted by atomic mass is 35.5. The molecule has 0 unspecified atom stereocenters. The molecule has 0 saturated heterocycles. The first kappa shape index (κ1) is 22.9. The lowest BCUT2D eigenvalue weighted by molar-refractivity contribution is -0.384. The van der Waals surface area contributed by atoms with Gasteiger partial charge in [0.25, 0.3) is 11.6 Å². The summed E-state index contributed by atoms with van der Waals surface area (Å²) in [6.45, 7) is 0. The van der Waals surface area contributed by atoms with Crippen LogP contribution in [0.1, 0.15) is 16.9 Å². The number of nitrogens with zero attached hydrogens (tertiary/aromatic N) is 2. The van der Waals surface area contributed by atoms with Crippen molar-refractivity contribution < 1.29 is 19.2 Å². The van der Waals surface area contributed by atoms with Crippen molar-refractivity contribution in [3.05, 3.63) is 123 Å². The van der Waals surface area contributed by atoms with Crippen molar-refractivity contribution >= 4 is 29.4 Å². The third kappa shape index (κ3) is 4.59. The second kappa shape index (κ2) is 9.70. The minimum Gasteiger partial charge on any atom is -0.455 e. The minimum atomic E-state index is -1.96. The fraction of sp³-hybridized carbons (Fsp3) is 0.0400. The average molecular weight is 476 g/mol. The molecule has 8 nitrogen and oxygen atoms in total. The van der Waals surface area contributed by atoms with Crippen molar-refractivity contribution in [2.45, 2.75) is 5.60 Å². The Morgan fingerprint density at radius 3 is 2.18 bits per heavy atom. The number of nitro benzene ring substituents is 1. The van der Waals surface area contributed by atoms with Gasteiger partial charge in [-0.05, 0) is 29.3 Å². The highest BCUT2D eigenvalue weighted by Gasteiger charge is 2.39. The van der Waals surface area contributed by atoms with Gasteiger partial charge in [0.2, 0.25) is 0 Å². The van der Waals surface area contributed by atoms with E-state index in [0.717, 1.165) is 0 Å². The fourth-order valence-corrected chi connectivity index (χ4v) is 3.68. The Hall–Kier alpha value is -4.27. The van der Waals surface area contributed by atoms with Gasteiger partial charge in [0.05, 0.1) is 16.2 Å². The fourth-order valence-electron chi connectivity index (χ4n) is 3.41. The molecule has 4 rings (SSSR count). The van der Waals surface area contributed by atoms with Crippen LogP contribution >= 0.6 is 11.6 Å². The maximum absolute atomic E-state index is 13.0. The molecule has 3 aromatic carbocycles. The Bertz CT molecular complexity index is 1310. The average Bonchev–Trinajstić information content (AvgIpc) is 3.33. The molecule has 0 fully saturated rings. The van der Waals surface area contributed by atoms with Crippen LogP contribution in [-0.4, -0.2) is 22.2 Å². The molecule has 34 heavy (non-hydrogen) atoms. The van der Waals surface area contributed by atoms with E-state index in [2.05, 4.69) is 10.5 Å². The maximum Gasteiger partial charge on any atom is 0.281 e. The molecule has 0 radical (unpaired) electrons. The van der Waals surface area contributed by atoms with Gasteiger partial charge >= 0.3 is 0 Å². The van der Waals surface area contributed by atoms with Crippen molar-refractivity contribution in [3.8, 4) is 11.3 Å². The molecule has 0 spiro atoms. The number of furan rings is 1. The third-order valence-electron chi connectivity index (χ3n) is 5.13. The molecule has 170 valence electrons. The number of halogens is 1. The van der Waals surface area contributed by atoms with Crippen molar-refractivity contribution in [2.75, 3.05) is 0 Å². The van der Waals surface area contributed by atoms with Crippen LogP contribution in [0.25, 0.3) is 11.3 Å². The standard InChI is InChI=1S/C25H18ClN3O5/c26-22-15-19(29(32)33)11-13-21(22)23-14-12-20(34-23)16-27-28-24(30)25(31,17-7-3-1-4-8-17)18-9-5-2-6-10-18/h1-16,31H,(H,28,30). The van der Waals surface area contributed by atoms with Crippen molar-refractivity contribution in [1.82, 2.24) is 5.43 Å². The molecule has 4 aromatic rings. The van der Waals surface area contributed by atoms with Crippen LogP contribution in [-0.2, 0) is 10.4 Å². The summed E-state index contributed by atoms with van der Waals surface area (Å²) in [7, 11) is 0. The Labute approximate surface area is 199 Å². The first-order valence-corrected chi connectivity index (χ1v) is 10.5. The number of nitro groups is 1. The Morgan fingerprint density at radius 2 is 1.62 bits per heavy atom. The van der Waals surface area contributed by atoms with Crippen LogP contribution in [0.4, 0.5) is 5.69 Å². The number of aliphatic hydroxyl groups is 1. The molecular formula is C25H18ClN3O5. The highest BCUT2D eigenvalue weighted by molar-refractivity contribution is 6.33. The predicted molar refractivity (Wildman–Crippen MR) is 127 cm³/mol. The SMILES string of the molecule is O=C(NN=Cc1ccc(-c2ccc([N+](=O)[O-])cc2Cl)o1)C(O)(c1ccccc1)c1ccccc1. The van der Waals surface area contributed by atoms with E-state index in [1.54, 1.807) is 72.8 Å². The quantitative estimate of drug-likeness (QED) is 0.224. The molecular weight excluding hydrogens is 458 g/mol. The third-order valence-corrected chi connectivity index (χ3v) is 5.44. The summed E-state index contributed by atoms with van der Waals surface area (Å²) in [5, 5.41) is 26.4. The minimum absolute atomic E-state index is 0.130. The lowest BCUT2D eigenvalue weighted by Gasteiger charge is -2.26. The topological polar surface area (TPSA) is 118 Å². The van der Waals surface area contributed by atoms with Crippen LogP contribution in [0.5, 0.6) is 0 Å². The monoisotopic (exact) mass is 475 g/mol. The number of rotatable bonds is 7. The molecule has 9 heteroatoms. The van der Waals surface area contributed by atoms with E-state index in [4.69, 9.17) is 16.0 Å². The smallest absolute Gasteiger partial charge is 0.281 e. The van der Waals surface area contributed by atoms with Gasteiger partial charge in [0.15, 0.2) is 5.60 Å². The summed E-state index contributed by atoms with van der Waals surface area (Å²) in [5.41, 5.74) is 1.53. The number of hydrazone groups is 1. The molecule has 0 aliphatic rings. The normalized spacial score (nSPS) is 11.5. The molecule has 1 aromatic heterocycles. The molecule has 1 heterocycles. The van der Waals surface area contributed by atoms with E-state index in [0.29, 0.717) is 28.2 Å². The highest BCUT2D eigenvalue weighted by Crippen LogP contribution is 2.32. The zero-order chi connectivity index (χ0) is 24.1. The van der Waals surface area contributed by atoms with Gasteiger partial charge in [-0.15, -0.1) is 0 Å². The Morgan fingerprint density at radius 1 is 1.00 bits per heavy atom. The van der Waals surface area contributed by atoms with Gasteiger partial charge in [-0.3, -0.25) is 14.9 Å². The first-order valence-electron chi connectivity index (χ1n) is 10.1. The van der Waals surface area contributed by atoms with E-state index in [-0.39, 0.29) is 10.7 Å². The number of carbonyl (C=O) groups excluding carboxylic acids is 1. The van der Waals surface area contributed by atoms with Crippen molar-refractivity contribution in [2.24, 2.45) is 5.10 Å². The van der Waals surface area contributed by atoms with Gasteiger partial charge in [0, 0.05) is 17.7 Å². The summed E-state index contributed by atoms with van der Waals surface area (Å²) in [6, 6.07) is 24.4.